The molecule has 0 bridgehead atoms. The van der Waals surface area contributed by atoms with E-state index in [0.717, 1.165) is 30.1 Å². The van der Waals surface area contributed by atoms with Gasteiger partial charge in [-0.3, -0.25) is 4.90 Å². The van der Waals surface area contributed by atoms with E-state index >= 15 is 0 Å². The molecule has 0 aliphatic heterocycles. The lowest BCUT2D eigenvalue weighted by molar-refractivity contribution is 0.219. The van der Waals surface area contributed by atoms with Crippen LogP contribution < -0.4 is 0 Å². The van der Waals surface area contributed by atoms with Gasteiger partial charge in [0.25, 0.3) is 0 Å². The number of nitrogens with zero attached hydrogens (tertiary/aromatic N) is 1. The zero-order valence-corrected chi connectivity index (χ0v) is 13.4. The normalized spacial score (nSPS) is 12.8. The predicted molar refractivity (Wildman–Crippen MR) is 86.5 cm³/mol. The molecule has 0 fully saturated rings. The molecule has 0 saturated carbocycles. The third-order valence-electron chi connectivity index (χ3n) is 3.50. The summed E-state index contributed by atoms with van der Waals surface area (Å²) < 4.78 is 0.709. The Kier molecular flexibility index (Phi) is 5.61. The minimum atomic E-state index is -0.598. The van der Waals surface area contributed by atoms with Gasteiger partial charge in [0.2, 0.25) is 0 Å². The van der Waals surface area contributed by atoms with E-state index in [9.17, 15) is 5.11 Å². The Bertz CT molecular complexity index is 551. The zero-order valence-electron chi connectivity index (χ0n) is 11.8. The fourth-order valence-electron chi connectivity index (χ4n) is 2.26. The highest BCUT2D eigenvalue weighted by molar-refractivity contribution is 7.16. The topological polar surface area (TPSA) is 23.5 Å². The van der Waals surface area contributed by atoms with Gasteiger partial charge < -0.3 is 5.11 Å². The van der Waals surface area contributed by atoms with Gasteiger partial charge in [0.1, 0.15) is 6.10 Å². The van der Waals surface area contributed by atoms with Crippen molar-refractivity contribution >= 4 is 22.9 Å². The number of hydrogen-bond donors (Lipinski definition) is 1. The van der Waals surface area contributed by atoms with Crippen molar-refractivity contribution < 1.29 is 5.11 Å². The van der Waals surface area contributed by atoms with E-state index in [1.807, 2.05) is 30.3 Å². The van der Waals surface area contributed by atoms with Crippen LogP contribution in [0.2, 0.25) is 4.34 Å². The molecule has 2 rings (SSSR count). The molecule has 0 radical (unpaired) electrons. The van der Waals surface area contributed by atoms with Gasteiger partial charge in [0.15, 0.2) is 0 Å². The van der Waals surface area contributed by atoms with E-state index in [0.29, 0.717) is 4.34 Å². The molecule has 108 valence electrons. The molecule has 1 N–H and O–H groups in total. The van der Waals surface area contributed by atoms with Gasteiger partial charge in [0.05, 0.1) is 4.34 Å². The molecule has 0 amide bonds. The summed E-state index contributed by atoms with van der Waals surface area (Å²) in [6.45, 7) is 7.18. The Labute approximate surface area is 129 Å². The maximum atomic E-state index is 10.6. The lowest BCUT2D eigenvalue weighted by atomic mass is 10.0. The van der Waals surface area contributed by atoms with Crippen molar-refractivity contribution in [2.24, 2.45) is 0 Å². The fraction of sp³-hybridized carbons (Fsp3) is 0.375. The third-order valence-corrected chi connectivity index (χ3v) is 4.79. The molecule has 1 unspecified atom stereocenters. The predicted octanol–water partition coefficient (Wildman–Crippen LogP) is 4.33. The largest absolute Gasteiger partial charge is 0.383 e. The van der Waals surface area contributed by atoms with Gasteiger partial charge in [0, 0.05) is 11.4 Å². The Balaban J connectivity index is 2.27. The first kappa shape index (κ1) is 15.5. The summed E-state index contributed by atoms with van der Waals surface area (Å²) in [7, 11) is 0. The van der Waals surface area contributed by atoms with Gasteiger partial charge >= 0.3 is 0 Å². The third kappa shape index (κ3) is 3.61. The van der Waals surface area contributed by atoms with Gasteiger partial charge in [-0.2, -0.15) is 0 Å². The van der Waals surface area contributed by atoms with Gasteiger partial charge in [-0.15, -0.1) is 11.3 Å². The van der Waals surface area contributed by atoms with E-state index in [4.69, 9.17) is 11.6 Å². The van der Waals surface area contributed by atoms with E-state index in [-0.39, 0.29) is 0 Å². The summed E-state index contributed by atoms with van der Waals surface area (Å²) in [4.78, 5) is 3.23. The van der Waals surface area contributed by atoms with Crippen LogP contribution in [-0.4, -0.2) is 23.1 Å². The van der Waals surface area contributed by atoms with Crippen molar-refractivity contribution in [3.8, 4) is 0 Å². The maximum Gasteiger partial charge on any atom is 0.114 e. The summed E-state index contributed by atoms with van der Waals surface area (Å²) in [5.41, 5.74) is 2.14. The standard InChI is InChI=1S/C16H20ClNOS/c1-3-18(4-2)11-12-7-5-6-8-13(12)16(19)14-9-10-15(17)20-14/h5-10,16,19H,3-4,11H2,1-2H3. The van der Waals surface area contributed by atoms with E-state index in [1.54, 1.807) is 0 Å². The van der Waals surface area contributed by atoms with Gasteiger partial charge in [-0.25, -0.2) is 0 Å². The first-order valence-electron chi connectivity index (χ1n) is 6.89. The van der Waals surface area contributed by atoms with Crippen LogP contribution in [0, 0.1) is 0 Å². The number of aliphatic hydroxyl groups is 1. The SMILES string of the molecule is CCN(CC)Cc1ccccc1C(O)c1ccc(Cl)s1. The van der Waals surface area contributed by atoms with Crippen LogP contribution in [0.5, 0.6) is 0 Å². The first-order chi connectivity index (χ1) is 9.65. The summed E-state index contributed by atoms with van der Waals surface area (Å²) in [5.74, 6) is 0. The van der Waals surface area contributed by atoms with Crippen molar-refractivity contribution in [1.82, 2.24) is 4.90 Å². The summed E-state index contributed by atoms with van der Waals surface area (Å²) >= 11 is 7.39. The minimum absolute atomic E-state index is 0.598. The van der Waals surface area contributed by atoms with Gasteiger partial charge in [-0.05, 0) is 36.3 Å². The number of benzene rings is 1. The number of halogens is 1. The van der Waals surface area contributed by atoms with Crippen molar-refractivity contribution in [3.05, 3.63) is 56.7 Å². The highest BCUT2D eigenvalue weighted by Crippen LogP contribution is 2.32. The molecular formula is C16H20ClNOS. The number of rotatable bonds is 6. The Morgan fingerprint density at radius 3 is 2.45 bits per heavy atom. The van der Waals surface area contributed by atoms with Crippen LogP contribution in [0.25, 0.3) is 0 Å². The molecule has 0 saturated heterocycles. The van der Waals surface area contributed by atoms with Crippen LogP contribution >= 0.6 is 22.9 Å². The van der Waals surface area contributed by atoms with Gasteiger partial charge in [-0.1, -0.05) is 49.7 Å². The van der Waals surface area contributed by atoms with Crippen molar-refractivity contribution in [3.63, 3.8) is 0 Å². The summed E-state index contributed by atoms with van der Waals surface area (Å²) in [5, 5.41) is 10.6. The lowest BCUT2D eigenvalue weighted by Gasteiger charge is -2.21. The van der Waals surface area contributed by atoms with Crippen LogP contribution in [-0.2, 0) is 6.54 Å². The average molecular weight is 310 g/mol. The highest BCUT2D eigenvalue weighted by Gasteiger charge is 2.17. The monoisotopic (exact) mass is 309 g/mol. The Hall–Kier alpha value is -0.870. The average Bonchev–Trinajstić information content (AvgIpc) is 2.91. The minimum Gasteiger partial charge on any atom is -0.383 e. The molecule has 1 aromatic carbocycles. The van der Waals surface area contributed by atoms with Crippen LogP contribution in [0.4, 0.5) is 0 Å². The molecule has 20 heavy (non-hydrogen) atoms. The smallest absolute Gasteiger partial charge is 0.114 e. The first-order valence-corrected chi connectivity index (χ1v) is 8.08. The number of hydrogen-bond acceptors (Lipinski definition) is 3. The Morgan fingerprint density at radius 1 is 1.15 bits per heavy atom. The summed E-state index contributed by atoms with van der Waals surface area (Å²) in [6, 6.07) is 11.8. The number of aliphatic hydroxyl groups excluding tert-OH is 1. The fourth-order valence-corrected chi connectivity index (χ4v) is 3.33. The number of thiophene rings is 1. The maximum absolute atomic E-state index is 10.6. The Morgan fingerprint density at radius 2 is 1.85 bits per heavy atom. The molecule has 0 aliphatic carbocycles. The molecule has 1 atom stereocenters. The van der Waals surface area contributed by atoms with E-state index in [2.05, 4.69) is 24.8 Å². The molecule has 0 aliphatic rings. The van der Waals surface area contributed by atoms with Crippen molar-refractivity contribution in [2.45, 2.75) is 26.5 Å². The van der Waals surface area contributed by atoms with Crippen LogP contribution in [0.1, 0.15) is 36.0 Å². The molecule has 2 aromatic rings. The molecule has 1 heterocycles. The lowest BCUT2D eigenvalue weighted by Crippen LogP contribution is -2.23. The van der Waals surface area contributed by atoms with Crippen molar-refractivity contribution in [1.29, 1.82) is 0 Å². The molecule has 0 spiro atoms. The van der Waals surface area contributed by atoms with E-state index < -0.39 is 6.10 Å². The zero-order chi connectivity index (χ0) is 14.5. The quantitative estimate of drug-likeness (QED) is 0.858. The second-order valence-electron chi connectivity index (χ2n) is 4.70. The molecule has 4 heteroatoms. The van der Waals surface area contributed by atoms with Crippen LogP contribution in [0.15, 0.2) is 36.4 Å². The molecule has 2 nitrogen and oxygen atoms in total. The highest BCUT2D eigenvalue weighted by atomic mass is 35.5. The summed E-state index contributed by atoms with van der Waals surface area (Å²) in [6.07, 6.45) is -0.598. The molecule has 1 aromatic heterocycles. The molecular weight excluding hydrogens is 290 g/mol. The second-order valence-corrected chi connectivity index (χ2v) is 6.45. The van der Waals surface area contributed by atoms with Crippen LogP contribution in [0.3, 0.4) is 0 Å². The second kappa shape index (κ2) is 7.23. The van der Waals surface area contributed by atoms with Crippen molar-refractivity contribution in [2.75, 3.05) is 13.1 Å². The van der Waals surface area contributed by atoms with E-state index in [1.165, 1.54) is 16.9 Å².